The fraction of sp³-hybridized carbons (Fsp3) is 0.667. The van der Waals surface area contributed by atoms with Crippen LogP contribution in [0.1, 0.15) is 40.5 Å². The summed E-state index contributed by atoms with van der Waals surface area (Å²) in [4.78, 5) is 12.1. The number of aliphatic hydroxyl groups is 1. The van der Waals surface area contributed by atoms with Gasteiger partial charge in [-0.15, -0.1) is 11.6 Å². The van der Waals surface area contributed by atoms with Gasteiger partial charge in [0, 0.05) is 0 Å². The van der Waals surface area contributed by atoms with Crippen LogP contribution in [0.25, 0.3) is 0 Å². The Morgan fingerprint density at radius 1 is 1.50 bits per heavy atom. The maximum absolute atomic E-state index is 12.1. The van der Waals surface area contributed by atoms with E-state index in [2.05, 4.69) is 13.8 Å². The van der Waals surface area contributed by atoms with Crippen molar-refractivity contribution in [2.75, 3.05) is 0 Å². The summed E-state index contributed by atoms with van der Waals surface area (Å²) in [6, 6.07) is 0. The number of allylic oxidation sites excluding steroid dienone is 3. The van der Waals surface area contributed by atoms with E-state index >= 15 is 0 Å². The maximum Gasteiger partial charge on any atom is 0.181 e. The molecule has 2 aliphatic carbocycles. The average Bonchev–Trinajstić information content (AvgIpc) is 2.28. The van der Waals surface area contributed by atoms with Crippen molar-refractivity contribution in [1.29, 1.82) is 0 Å². The van der Waals surface area contributed by atoms with Crippen LogP contribution < -0.4 is 0 Å². The van der Waals surface area contributed by atoms with Crippen LogP contribution in [-0.2, 0) is 4.79 Å². The summed E-state index contributed by atoms with van der Waals surface area (Å²) in [5, 5.41) is 9.54. The number of alkyl halides is 1. The molecule has 0 saturated heterocycles. The number of ketones is 1. The minimum atomic E-state index is -0.540. The summed E-state index contributed by atoms with van der Waals surface area (Å²) in [5.74, 6) is 0.394. The summed E-state index contributed by atoms with van der Waals surface area (Å²) in [6.45, 7) is 8.27. The molecule has 0 spiro atoms. The molecule has 18 heavy (non-hydrogen) atoms. The van der Waals surface area contributed by atoms with Gasteiger partial charge in [0.1, 0.15) is 0 Å². The number of carbonyl (C=O) groups is 1. The topological polar surface area (TPSA) is 37.3 Å². The third-order valence-electron chi connectivity index (χ3n) is 4.71. The van der Waals surface area contributed by atoms with Crippen molar-refractivity contribution >= 4 is 17.4 Å². The lowest BCUT2D eigenvalue weighted by molar-refractivity contribution is -0.112. The van der Waals surface area contributed by atoms with Gasteiger partial charge < -0.3 is 5.11 Å². The van der Waals surface area contributed by atoms with Gasteiger partial charge in [-0.25, -0.2) is 0 Å². The van der Waals surface area contributed by atoms with Gasteiger partial charge in [-0.05, 0) is 55.2 Å². The first-order valence-electron chi connectivity index (χ1n) is 6.52. The van der Waals surface area contributed by atoms with Gasteiger partial charge in [0.15, 0.2) is 5.78 Å². The molecule has 0 aliphatic heterocycles. The molecule has 4 atom stereocenters. The van der Waals surface area contributed by atoms with Gasteiger partial charge in [0.05, 0.1) is 11.5 Å². The number of fused-ring (bicyclic) bond motifs is 1. The van der Waals surface area contributed by atoms with E-state index in [0.717, 1.165) is 23.1 Å². The van der Waals surface area contributed by atoms with E-state index in [1.807, 2.05) is 13.8 Å². The Kier molecular flexibility index (Phi) is 3.46. The van der Waals surface area contributed by atoms with Crippen LogP contribution >= 0.6 is 11.6 Å². The van der Waals surface area contributed by atoms with E-state index < -0.39 is 11.5 Å². The Balaban J connectivity index is 2.53. The Morgan fingerprint density at radius 2 is 2.11 bits per heavy atom. The van der Waals surface area contributed by atoms with Crippen LogP contribution in [0.2, 0.25) is 0 Å². The molecule has 1 fully saturated rings. The first kappa shape index (κ1) is 13.8. The third-order valence-corrected chi connectivity index (χ3v) is 5.23. The Labute approximate surface area is 114 Å². The molecule has 0 aromatic rings. The molecule has 2 rings (SSSR count). The highest BCUT2D eigenvalue weighted by atomic mass is 35.5. The van der Waals surface area contributed by atoms with Crippen LogP contribution in [0.15, 0.2) is 22.8 Å². The van der Waals surface area contributed by atoms with Crippen molar-refractivity contribution in [2.45, 2.75) is 52.0 Å². The fourth-order valence-corrected chi connectivity index (χ4v) is 3.59. The van der Waals surface area contributed by atoms with Crippen LogP contribution in [0.4, 0.5) is 0 Å². The second kappa shape index (κ2) is 4.50. The van der Waals surface area contributed by atoms with E-state index in [4.69, 9.17) is 11.6 Å². The molecule has 1 N–H and O–H groups in total. The monoisotopic (exact) mass is 268 g/mol. The first-order valence-corrected chi connectivity index (χ1v) is 6.96. The van der Waals surface area contributed by atoms with Crippen LogP contribution in [-0.4, -0.2) is 22.4 Å². The van der Waals surface area contributed by atoms with Crippen molar-refractivity contribution in [3.8, 4) is 0 Å². The molecule has 0 bridgehead atoms. The second-order valence-electron chi connectivity index (χ2n) is 6.14. The zero-order valence-electron chi connectivity index (χ0n) is 11.5. The van der Waals surface area contributed by atoms with E-state index in [0.29, 0.717) is 12.3 Å². The standard InChI is InChI=1S/C15H21ClO2/c1-8(2)10-7-15(4)9(3)5-13(18)14(16)11(15)6-12(10)17/h6,9,13-14,18H,5,7H2,1-4H3. The van der Waals surface area contributed by atoms with Crippen molar-refractivity contribution < 1.29 is 9.90 Å². The summed E-state index contributed by atoms with van der Waals surface area (Å²) >= 11 is 6.30. The molecule has 0 aromatic carbocycles. The summed E-state index contributed by atoms with van der Waals surface area (Å²) in [6.07, 6.45) is 2.58. The Hall–Kier alpha value is -0.600. The number of hydrogen-bond donors (Lipinski definition) is 1. The van der Waals surface area contributed by atoms with Crippen molar-refractivity contribution in [1.82, 2.24) is 0 Å². The van der Waals surface area contributed by atoms with Gasteiger partial charge in [-0.2, -0.15) is 0 Å². The lowest BCUT2D eigenvalue weighted by Gasteiger charge is -2.48. The molecule has 1 saturated carbocycles. The molecule has 100 valence electrons. The molecule has 4 unspecified atom stereocenters. The van der Waals surface area contributed by atoms with Crippen LogP contribution in [0, 0.1) is 11.3 Å². The Morgan fingerprint density at radius 3 is 2.67 bits per heavy atom. The average molecular weight is 269 g/mol. The largest absolute Gasteiger partial charge is 0.391 e. The SMILES string of the molecule is CC(C)=C1CC2(C)C(=CC1=O)C(Cl)C(O)CC2C. The lowest BCUT2D eigenvalue weighted by Crippen LogP contribution is -2.46. The predicted octanol–water partition coefficient (Wildman–Crippen LogP) is 3.24. The third kappa shape index (κ3) is 1.96. The van der Waals surface area contributed by atoms with E-state index in [1.165, 1.54) is 0 Å². The van der Waals surface area contributed by atoms with Gasteiger partial charge >= 0.3 is 0 Å². The highest BCUT2D eigenvalue weighted by Crippen LogP contribution is 2.52. The molecular formula is C15H21ClO2. The van der Waals surface area contributed by atoms with Crippen LogP contribution in [0.3, 0.4) is 0 Å². The molecule has 0 amide bonds. The van der Waals surface area contributed by atoms with E-state index in [9.17, 15) is 9.90 Å². The van der Waals surface area contributed by atoms with Gasteiger partial charge in [-0.3, -0.25) is 4.79 Å². The summed E-state index contributed by atoms with van der Waals surface area (Å²) < 4.78 is 0. The summed E-state index contributed by atoms with van der Waals surface area (Å²) in [5.41, 5.74) is 2.83. The molecule has 0 aromatic heterocycles. The van der Waals surface area contributed by atoms with E-state index in [-0.39, 0.29) is 11.2 Å². The number of hydrogen-bond acceptors (Lipinski definition) is 2. The number of aliphatic hydroxyl groups excluding tert-OH is 1. The minimum Gasteiger partial charge on any atom is -0.391 e. The minimum absolute atomic E-state index is 0.0643. The highest BCUT2D eigenvalue weighted by Gasteiger charge is 2.48. The zero-order valence-corrected chi connectivity index (χ0v) is 12.2. The smallest absolute Gasteiger partial charge is 0.181 e. The van der Waals surface area contributed by atoms with Gasteiger partial charge in [0.2, 0.25) is 0 Å². The fourth-order valence-electron chi connectivity index (χ4n) is 3.18. The molecule has 0 heterocycles. The van der Waals surface area contributed by atoms with Crippen molar-refractivity contribution in [3.05, 3.63) is 22.8 Å². The van der Waals surface area contributed by atoms with Gasteiger partial charge in [0.25, 0.3) is 0 Å². The molecule has 2 nitrogen and oxygen atoms in total. The molecule has 3 heteroatoms. The lowest BCUT2D eigenvalue weighted by atomic mass is 9.58. The second-order valence-corrected chi connectivity index (χ2v) is 6.61. The van der Waals surface area contributed by atoms with Crippen LogP contribution in [0.5, 0.6) is 0 Å². The van der Waals surface area contributed by atoms with E-state index in [1.54, 1.807) is 6.08 Å². The zero-order chi connectivity index (χ0) is 13.7. The Bertz CT molecular complexity index is 445. The van der Waals surface area contributed by atoms with Gasteiger partial charge in [-0.1, -0.05) is 19.4 Å². The summed E-state index contributed by atoms with van der Waals surface area (Å²) in [7, 11) is 0. The van der Waals surface area contributed by atoms with Crippen molar-refractivity contribution in [2.24, 2.45) is 11.3 Å². The molecule has 0 radical (unpaired) electrons. The number of rotatable bonds is 0. The quantitative estimate of drug-likeness (QED) is 0.541. The number of halogens is 1. The molecular weight excluding hydrogens is 248 g/mol. The molecule has 2 aliphatic rings. The van der Waals surface area contributed by atoms with Crippen molar-refractivity contribution in [3.63, 3.8) is 0 Å². The first-order chi connectivity index (χ1) is 8.27. The normalized spacial score (nSPS) is 40.3. The maximum atomic E-state index is 12.1. The predicted molar refractivity (Wildman–Crippen MR) is 73.6 cm³/mol. The highest BCUT2D eigenvalue weighted by molar-refractivity contribution is 6.24. The number of carbonyl (C=O) groups excluding carboxylic acids is 1.